The molecule has 0 bridgehead atoms. The summed E-state index contributed by atoms with van der Waals surface area (Å²) in [6, 6.07) is 5.79. The van der Waals surface area contributed by atoms with E-state index in [4.69, 9.17) is 8.85 Å². The van der Waals surface area contributed by atoms with Crippen molar-refractivity contribution in [3.63, 3.8) is 0 Å². The summed E-state index contributed by atoms with van der Waals surface area (Å²) in [6.45, 7) is 29.1. The Bertz CT molecular complexity index is 814. The van der Waals surface area contributed by atoms with Crippen LogP contribution in [-0.4, -0.2) is 35.0 Å². The molecule has 2 atom stereocenters. The summed E-state index contributed by atoms with van der Waals surface area (Å²) in [7, 11) is -3.56. The molecule has 1 N–H and O–H groups in total. The molecule has 0 amide bonds. The number of aliphatic hydroxyl groups excluding tert-OH is 1. The van der Waals surface area contributed by atoms with Gasteiger partial charge in [0.15, 0.2) is 16.6 Å². The van der Waals surface area contributed by atoms with Crippen LogP contribution in [0, 0.1) is 19.3 Å². The lowest BCUT2D eigenvalue weighted by Crippen LogP contribution is -2.48. The number of hydrogen-bond acceptors (Lipinski definition) is 3. The van der Waals surface area contributed by atoms with Gasteiger partial charge in [0, 0.05) is 18.6 Å². The molecule has 0 aliphatic heterocycles. The molecule has 0 heterocycles. The van der Waals surface area contributed by atoms with Crippen LogP contribution in [0.15, 0.2) is 6.07 Å². The predicted octanol–water partition coefficient (Wildman–Crippen LogP) is 8.66. The first-order valence-corrected chi connectivity index (χ1v) is 19.0. The zero-order valence-corrected chi connectivity index (χ0v) is 27.1. The molecule has 0 radical (unpaired) electrons. The van der Waals surface area contributed by atoms with Gasteiger partial charge >= 0.3 is 0 Å². The zero-order valence-electron chi connectivity index (χ0n) is 25.1. The van der Waals surface area contributed by atoms with E-state index >= 15 is 0 Å². The first kappa shape index (κ1) is 30.8. The molecule has 5 heteroatoms. The third kappa shape index (κ3) is 5.84. The molecule has 2 rings (SSSR count). The fourth-order valence-electron chi connectivity index (χ4n) is 7.25. The van der Waals surface area contributed by atoms with E-state index in [1.165, 1.54) is 22.3 Å². The van der Waals surface area contributed by atoms with Gasteiger partial charge in [0.2, 0.25) is 0 Å². The number of aryl methyl sites for hydroxylation is 1. The Balaban J connectivity index is 2.26. The number of hydrogen-bond donors (Lipinski definition) is 1. The highest BCUT2D eigenvalue weighted by atomic mass is 28.4. The Morgan fingerprint density at radius 1 is 0.943 bits per heavy atom. The highest BCUT2D eigenvalue weighted by molar-refractivity contribution is 6.77. The van der Waals surface area contributed by atoms with Crippen LogP contribution in [0.3, 0.4) is 0 Å². The topological polar surface area (TPSA) is 38.7 Å². The maximum atomic E-state index is 11.6. The number of fused-ring (bicyclic) bond motifs is 1. The average molecular weight is 521 g/mol. The lowest BCUT2D eigenvalue weighted by molar-refractivity contribution is 0.0121. The SMILES string of the molecule is CC[Si](CC)(CC)OCC1(C)Cc2cc(C)c(CCO[Si](C(C)C)(C(C)C)C(C)C)c(C)c2C1O. The van der Waals surface area contributed by atoms with Gasteiger partial charge in [0.1, 0.15) is 0 Å². The highest BCUT2D eigenvalue weighted by Crippen LogP contribution is 2.49. The summed E-state index contributed by atoms with van der Waals surface area (Å²) < 4.78 is 13.6. The van der Waals surface area contributed by atoms with Crippen LogP contribution in [0.5, 0.6) is 0 Å². The van der Waals surface area contributed by atoms with Crippen LogP contribution in [-0.2, 0) is 21.7 Å². The van der Waals surface area contributed by atoms with Gasteiger partial charge in [0.05, 0.1) is 6.10 Å². The van der Waals surface area contributed by atoms with Crippen LogP contribution in [0.4, 0.5) is 0 Å². The lowest BCUT2D eigenvalue weighted by atomic mass is 9.85. The second-order valence-electron chi connectivity index (χ2n) is 12.6. The summed E-state index contributed by atoms with van der Waals surface area (Å²) in [5, 5.41) is 11.6. The van der Waals surface area contributed by atoms with Crippen molar-refractivity contribution in [1.29, 1.82) is 0 Å². The van der Waals surface area contributed by atoms with Crippen molar-refractivity contribution in [3.8, 4) is 0 Å². The first-order valence-electron chi connectivity index (χ1n) is 14.3. The minimum Gasteiger partial charge on any atom is -0.416 e. The Morgan fingerprint density at radius 2 is 1.46 bits per heavy atom. The monoisotopic (exact) mass is 520 g/mol. The second-order valence-corrected chi connectivity index (χ2v) is 22.8. The van der Waals surface area contributed by atoms with Gasteiger partial charge in [-0.2, -0.15) is 0 Å². The molecule has 0 spiro atoms. The molecule has 3 nitrogen and oxygen atoms in total. The first-order chi connectivity index (χ1) is 16.2. The Labute approximate surface area is 219 Å². The van der Waals surface area contributed by atoms with Crippen LogP contribution in [0.1, 0.15) is 103 Å². The second kappa shape index (κ2) is 11.9. The Morgan fingerprint density at radius 3 is 1.91 bits per heavy atom. The van der Waals surface area contributed by atoms with Gasteiger partial charge in [0.25, 0.3) is 0 Å². The zero-order chi connectivity index (χ0) is 26.8. The van der Waals surface area contributed by atoms with Gasteiger partial charge in [-0.25, -0.2) is 0 Å². The molecule has 1 aromatic carbocycles. The van der Waals surface area contributed by atoms with E-state index in [2.05, 4.69) is 89.2 Å². The fraction of sp³-hybridized carbons (Fsp3) is 0.800. The quantitative estimate of drug-likeness (QED) is 0.264. The third-order valence-corrected chi connectivity index (χ3v) is 20.4. The molecular formula is C30H56O3Si2. The highest BCUT2D eigenvalue weighted by Gasteiger charge is 2.46. The van der Waals surface area contributed by atoms with E-state index in [-0.39, 0.29) is 5.41 Å². The van der Waals surface area contributed by atoms with E-state index in [1.54, 1.807) is 0 Å². The smallest absolute Gasteiger partial charge is 0.200 e. The molecule has 0 aromatic heterocycles. The molecule has 0 saturated heterocycles. The average Bonchev–Trinajstić information content (AvgIpc) is 3.03. The lowest BCUT2D eigenvalue weighted by Gasteiger charge is -2.42. The largest absolute Gasteiger partial charge is 0.416 e. The Kier molecular flexibility index (Phi) is 10.5. The molecule has 1 aliphatic rings. The molecule has 0 fully saturated rings. The summed E-state index contributed by atoms with van der Waals surface area (Å²) >= 11 is 0. The van der Waals surface area contributed by atoms with Gasteiger partial charge in [-0.05, 0) is 89.3 Å². The predicted molar refractivity (Wildman–Crippen MR) is 157 cm³/mol. The summed E-state index contributed by atoms with van der Waals surface area (Å²) in [6.07, 6.45) is 1.35. The minimum atomic E-state index is -1.88. The molecule has 202 valence electrons. The molecular weight excluding hydrogens is 464 g/mol. The van der Waals surface area contributed by atoms with Crippen molar-refractivity contribution >= 4 is 16.6 Å². The summed E-state index contributed by atoms with van der Waals surface area (Å²) in [5.74, 6) is 0. The maximum Gasteiger partial charge on any atom is 0.200 e. The van der Waals surface area contributed by atoms with E-state index in [1.807, 2.05) is 0 Å². The van der Waals surface area contributed by atoms with Crippen LogP contribution in [0.2, 0.25) is 34.8 Å². The Hall–Kier alpha value is -0.466. The third-order valence-electron chi connectivity index (χ3n) is 9.65. The van der Waals surface area contributed by atoms with Crippen molar-refractivity contribution in [1.82, 2.24) is 0 Å². The molecule has 35 heavy (non-hydrogen) atoms. The minimum absolute atomic E-state index is 0.249. The van der Waals surface area contributed by atoms with Gasteiger partial charge in [-0.1, -0.05) is 75.3 Å². The van der Waals surface area contributed by atoms with E-state index < -0.39 is 22.7 Å². The van der Waals surface area contributed by atoms with Crippen molar-refractivity contribution in [2.45, 2.75) is 137 Å². The van der Waals surface area contributed by atoms with Gasteiger partial charge in [-0.3, -0.25) is 0 Å². The normalized spacial score (nSPS) is 21.0. The van der Waals surface area contributed by atoms with Crippen molar-refractivity contribution in [3.05, 3.63) is 33.9 Å². The van der Waals surface area contributed by atoms with Crippen LogP contribution < -0.4 is 0 Å². The molecule has 1 aliphatic carbocycles. The van der Waals surface area contributed by atoms with Gasteiger partial charge < -0.3 is 14.0 Å². The van der Waals surface area contributed by atoms with E-state index in [0.29, 0.717) is 23.2 Å². The van der Waals surface area contributed by atoms with Crippen molar-refractivity contribution < 1.29 is 14.0 Å². The number of benzene rings is 1. The standard InChI is InChI=1S/C30H56O3Si2/c1-13-34(14-2,15-3)33-20-30(12)19-26-18-24(10)27(25(11)28(26)29(30)31)16-17-32-35(21(4)5,22(6)7)23(8)9/h18,21-23,29,31H,13-17,19-20H2,1-12H3. The number of aliphatic hydroxyl groups is 1. The van der Waals surface area contributed by atoms with Crippen molar-refractivity contribution in [2.24, 2.45) is 5.41 Å². The van der Waals surface area contributed by atoms with E-state index in [9.17, 15) is 5.11 Å². The van der Waals surface area contributed by atoms with Crippen molar-refractivity contribution in [2.75, 3.05) is 13.2 Å². The van der Waals surface area contributed by atoms with Crippen LogP contribution in [0.25, 0.3) is 0 Å². The van der Waals surface area contributed by atoms with E-state index in [0.717, 1.165) is 43.1 Å². The summed E-state index contributed by atoms with van der Waals surface area (Å²) in [4.78, 5) is 0. The number of rotatable bonds is 13. The molecule has 2 unspecified atom stereocenters. The summed E-state index contributed by atoms with van der Waals surface area (Å²) in [5.41, 5.74) is 7.99. The molecule has 1 aromatic rings. The van der Waals surface area contributed by atoms with Gasteiger partial charge in [-0.15, -0.1) is 0 Å². The van der Waals surface area contributed by atoms with Crippen LogP contribution >= 0.6 is 0 Å². The fourth-order valence-corrected chi connectivity index (χ4v) is 15.5. The molecule has 0 saturated carbocycles. The maximum absolute atomic E-state index is 11.6.